The van der Waals surface area contributed by atoms with Crippen molar-refractivity contribution >= 4 is 11.4 Å². The van der Waals surface area contributed by atoms with Gasteiger partial charge in [0.2, 0.25) is 0 Å². The van der Waals surface area contributed by atoms with Crippen LogP contribution in [0.1, 0.15) is 112 Å². The number of hydrogen-bond acceptors (Lipinski definition) is 3. The molecule has 0 saturated carbocycles. The minimum atomic E-state index is 0. The number of hydrogen-bond donors (Lipinski definition) is 3. The van der Waals surface area contributed by atoms with E-state index in [-0.39, 0.29) is 41.9 Å². The van der Waals surface area contributed by atoms with Crippen molar-refractivity contribution in [3.8, 4) is 0 Å². The molecule has 0 radical (unpaired) electrons. The van der Waals surface area contributed by atoms with Crippen molar-refractivity contribution in [2.45, 2.75) is 92.9 Å². The summed E-state index contributed by atoms with van der Waals surface area (Å²) in [6, 6.07) is 9.37. The molecule has 0 aliphatic rings. The normalized spacial score (nSPS) is 10.8. The van der Waals surface area contributed by atoms with Crippen molar-refractivity contribution in [3.63, 3.8) is 0 Å². The molecule has 36 heavy (non-hydrogen) atoms. The summed E-state index contributed by atoms with van der Waals surface area (Å²) in [5.41, 5.74) is 11.1. The second-order valence-electron chi connectivity index (χ2n) is 10.9. The van der Waals surface area contributed by atoms with Crippen LogP contribution >= 0.6 is 0 Å². The van der Waals surface area contributed by atoms with Gasteiger partial charge in [0.15, 0.2) is 0 Å². The van der Waals surface area contributed by atoms with Crippen molar-refractivity contribution in [2.75, 3.05) is 36.8 Å². The van der Waals surface area contributed by atoms with E-state index in [1.165, 1.54) is 44.8 Å². The third-order valence-electron chi connectivity index (χ3n) is 6.38. The summed E-state index contributed by atoms with van der Waals surface area (Å²) in [5.74, 6) is 2.06. The van der Waals surface area contributed by atoms with Crippen molar-refractivity contribution in [1.82, 2.24) is 5.32 Å². The molecule has 3 N–H and O–H groups in total. The molecule has 0 aliphatic carbocycles. The maximum absolute atomic E-state index is 3.75. The molecule has 6 heteroatoms. The molecule has 206 valence electrons. The number of benzene rings is 2. The number of rotatable bonds is 12. The Hall–Kier alpha value is -0.901. The van der Waals surface area contributed by atoms with Crippen LogP contribution in [-0.2, 0) is 17.1 Å². The fourth-order valence-electron chi connectivity index (χ4n) is 4.59. The number of anilines is 2. The topological polar surface area (TPSA) is 36.1 Å². The smallest absolute Gasteiger partial charge is 1.00 e. The molecule has 2 rings (SSSR count). The largest absolute Gasteiger partial charge is 2.00 e. The molecular weight excluding hydrogens is 529 g/mol. The van der Waals surface area contributed by atoms with Crippen LogP contribution in [-0.4, -0.2) is 26.2 Å². The predicted octanol–water partition coefficient (Wildman–Crippen LogP) is 1.92. The summed E-state index contributed by atoms with van der Waals surface area (Å²) in [6.07, 6.45) is 0. The van der Waals surface area contributed by atoms with Crippen molar-refractivity contribution in [2.24, 2.45) is 0 Å². The van der Waals surface area contributed by atoms with Gasteiger partial charge in [-0.15, -0.1) is 0 Å². The van der Waals surface area contributed by atoms with Gasteiger partial charge < -0.3 is 40.8 Å². The van der Waals surface area contributed by atoms with Crippen LogP contribution in [0.3, 0.4) is 0 Å². The van der Waals surface area contributed by atoms with E-state index in [0.717, 1.165) is 26.2 Å². The second kappa shape index (κ2) is 17.6. The second-order valence-corrected chi connectivity index (χ2v) is 10.9. The molecule has 0 bridgehead atoms. The molecule has 0 spiro atoms. The average Bonchev–Trinajstić information content (AvgIpc) is 2.73. The van der Waals surface area contributed by atoms with Gasteiger partial charge in [0.25, 0.3) is 0 Å². The van der Waals surface area contributed by atoms with Gasteiger partial charge in [-0.1, -0.05) is 90.8 Å². The third-order valence-corrected chi connectivity index (χ3v) is 6.38. The Balaban J connectivity index is 0. The van der Waals surface area contributed by atoms with E-state index in [2.05, 4.69) is 109 Å². The van der Waals surface area contributed by atoms with E-state index in [9.17, 15) is 0 Å². The fraction of sp³-hybridized carbons (Fsp3) is 0.600. The minimum Gasteiger partial charge on any atom is -1.00 e. The predicted molar refractivity (Wildman–Crippen MR) is 149 cm³/mol. The maximum Gasteiger partial charge on any atom is 2.00 e. The minimum absolute atomic E-state index is 0. The fourth-order valence-corrected chi connectivity index (χ4v) is 4.59. The van der Waals surface area contributed by atoms with Gasteiger partial charge >= 0.3 is 17.1 Å². The van der Waals surface area contributed by atoms with E-state index in [4.69, 9.17) is 0 Å². The molecule has 0 amide bonds. The van der Waals surface area contributed by atoms with Crippen LogP contribution in [0, 0.1) is 13.8 Å². The molecule has 0 fully saturated rings. The summed E-state index contributed by atoms with van der Waals surface area (Å²) in [4.78, 5) is 0. The Morgan fingerprint density at radius 2 is 0.750 bits per heavy atom. The van der Waals surface area contributed by atoms with Crippen LogP contribution in [0.4, 0.5) is 11.4 Å². The van der Waals surface area contributed by atoms with E-state index in [1.54, 1.807) is 0 Å². The monoisotopic (exact) mass is 577 g/mol. The zero-order chi connectivity index (χ0) is 24.7. The third kappa shape index (κ3) is 10.5. The zero-order valence-electron chi connectivity index (χ0n) is 24.1. The van der Waals surface area contributed by atoms with Gasteiger partial charge in [-0.05, 0) is 59.8 Å². The number of nitrogens with one attached hydrogen (secondary N) is 3. The SMILES string of the molecule is Cc1cc(C(C)C)c(NCCNCCNc2c(C(C)C)cc(C)cc2C(C)C)c(C(C)C)c1.[Cl-].[Cl-].[Fe+2]. The Morgan fingerprint density at radius 3 is 0.972 bits per heavy atom. The van der Waals surface area contributed by atoms with Gasteiger partial charge in [0, 0.05) is 37.6 Å². The van der Waals surface area contributed by atoms with E-state index in [1.807, 2.05) is 0 Å². The standard InChI is InChI=1S/C30H49N3.2ClH.Fe/c1-19(2)25-15-23(9)16-26(20(3)4)29(25)32-13-11-31-12-14-33-30-27(21(5)6)17-24(10)18-28(30)22(7)8;;;/h15-22,31-33H,11-14H2,1-10H3;2*1H;/q;;;+2/p-2. The average molecular weight is 578 g/mol. The first-order valence-corrected chi connectivity index (χ1v) is 13.0. The summed E-state index contributed by atoms with van der Waals surface area (Å²) in [7, 11) is 0. The van der Waals surface area contributed by atoms with Crippen LogP contribution in [0.25, 0.3) is 0 Å². The Morgan fingerprint density at radius 1 is 0.500 bits per heavy atom. The zero-order valence-corrected chi connectivity index (χ0v) is 26.7. The molecule has 0 aliphatic heterocycles. The Labute approximate surface area is 245 Å². The maximum atomic E-state index is 3.75. The summed E-state index contributed by atoms with van der Waals surface area (Å²) in [6.45, 7) is 26.5. The van der Waals surface area contributed by atoms with Crippen molar-refractivity contribution in [3.05, 3.63) is 57.6 Å². The summed E-state index contributed by atoms with van der Waals surface area (Å²) >= 11 is 0. The molecular formula is C30H49Cl2FeN3. The summed E-state index contributed by atoms with van der Waals surface area (Å²) < 4.78 is 0. The van der Waals surface area contributed by atoms with Crippen LogP contribution < -0.4 is 40.8 Å². The first-order chi connectivity index (χ1) is 15.5. The van der Waals surface area contributed by atoms with Gasteiger partial charge in [0.05, 0.1) is 0 Å². The van der Waals surface area contributed by atoms with Crippen LogP contribution in [0.5, 0.6) is 0 Å². The molecule has 0 atom stereocenters. The molecule has 0 heterocycles. The molecule has 2 aromatic rings. The molecule has 0 aromatic heterocycles. The first kappa shape index (κ1) is 37.3. The van der Waals surface area contributed by atoms with E-state index < -0.39 is 0 Å². The molecule has 0 saturated heterocycles. The van der Waals surface area contributed by atoms with Gasteiger partial charge in [-0.25, -0.2) is 0 Å². The first-order valence-electron chi connectivity index (χ1n) is 13.0. The quantitative estimate of drug-likeness (QED) is 0.266. The van der Waals surface area contributed by atoms with Crippen molar-refractivity contribution in [1.29, 1.82) is 0 Å². The van der Waals surface area contributed by atoms with E-state index in [0.29, 0.717) is 23.7 Å². The number of halogens is 2. The summed E-state index contributed by atoms with van der Waals surface area (Å²) in [5, 5.41) is 11.1. The van der Waals surface area contributed by atoms with Gasteiger partial charge in [0.1, 0.15) is 0 Å². The van der Waals surface area contributed by atoms with Crippen molar-refractivity contribution < 1.29 is 41.9 Å². The molecule has 0 unspecified atom stereocenters. The van der Waals surface area contributed by atoms with Crippen LogP contribution in [0.15, 0.2) is 24.3 Å². The Kier molecular flexibility index (Phi) is 18.2. The number of aryl methyl sites for hydroxylation is 2. The van der Waals surface area contributed by atoms with Crippen LogP contribution in [0.2, 0.25) is 0 Å². The van der Waals surface area contributed by atoms with E-state index >= 15 is 0 Å². The molecule has 2 aromatic carbocycles. The molecule has 3 nitrogen and oxygen atoms in total. The van der Waals surface area contributed by atoms with Gasteiger partial charge in [-0.2, -0.15) is 0 Å². The Bertz CT molecular complexity index is 780. The van der Waals surface area contributed by atoms with Gasteiger partial charge in [-0.3, -0.25) is 0 Å².